The Balaban J connectivity index is 1.19. The van der Waals surface area contributed by atoms with Crippen LogP contribution in [0.2, 0.25) is 0 Å². The fraction of sp³-hybridized carbons (Fsp3) is 0.0588. The summed E-state index contributed by atoms with van der Waals surface area (Å²) in [6, 6.07) is 65.4. The van der Waals surface area contributed by atoms with Crippen molar-refractivity contribution in [2.75, 3.05) is 0 Å². The summed E-state index contributed by atoms with van der Waals surface area (Å²) in [5, 5.41) is 4.90. The van der Waals surface area contributed by atoms with Crippen molar-refractivity contribution in [3.8, 4) is 67.3 Å². The lowest BCUT2D eigenvalue weighted by Gasteiger charge is -2.22. The minimum Gasteiger partial charge on any atom is -0.228 e. The van der Waals surface area contributed by atoms with E-state index < -0.39 is 0 Å². The van der Waals surface area contributed by atoms with Gasteiger partial charge in [0.05, 0.1) is 11.4 Å². The molecule has 1 aliphatic rings. The van der Waals surface area contributed by atoms with Gasteiger partial charge in [-0.25, -0.2) is 9.97 Å². The van der Waals surface area contributed by atoms with Crippen LogP contribution in [0, 0.1) is 0 Å². The molecule has 1 heterocycles. The van der Waals surface area contributed by atoms with Gasteiger partial charge < -0.3 is 0 Å². The third-order valence-electron chi connectivity index (χ3n) is 11.1. The first kappa shape index (κ1) is 31.1. The summed E-state index contributed by atoms with van der Waals surface area (Å²) in [6.07, 6.45) is 0. The number of fused-ring (bicyclic) bond motifs is 5. The van der Waals surface area contributed by atoms with Crippen molar-refractivity contribution in [3.05, 3.63) is 193 Å². The lowest BCUT2D eigenvalue weighted by atomic mass is 9.81. The minimum absolute atomic E-state index is 0.108. The summed E-state index contributed by atoms with van der Waals surface area (Å²) in [7, 11) is 0. The molecule has 8 aromatic carbocycles. The molecule has 0 fully saturated rings. The standard InChI is InChI=1S/C51H36N2/c1-51(2)44-26-14-25-41(48(44)43-30-36-20-9-10-21-37(36)31-45(43)51)38-22-13-23-39(29-38)46-32-47(53-50(52-46)35-18-7-4-8-19-35)49-40-24-12-11-17-34(40)27-28-42(49)33-15-5-3-6-16-33/h3-32H,1-2H3. The lowest BCUT2D eigenvalue weighted by molar-refractivity contribution is 0.661. The molecule has 2 nitrogen and oxygen atoms in total. The zero-order chi connectivity index (χ0) is 35.5. The van der Waals surface area contributed by atoms with Gasteiger partial charge in [-0.1, -0.05) is 172 Å². The van der Waals surface area contributed by atoms with Crippen molar-refractivity contribution in [2.45, 2.75) is 19.3 Å². The van der Waals surface area contributed by atoms with Crippen LogP contribution >= 0.6 is 0 Å². The first-order valence-corrected chi connectivity index (χ1v) is 18.3. The van der Waals surface area contributed by atoms with Gasteiger partial charge in [-0.3, -0.25) is 0 Å². The van der Waals surface area contributed by atoms with Gasteiger partial charge in [-0.15, -0.1) is 0 Å². The van der Waals surface area contributed by atoms with E-state index in [2.05, 4.69) is 190 Å². The van der Waals surface area contributed by atoms with E-state index in [1.165, 1.54) is 54.9 Å². The van der Waals surface area contributed by atoms with Crippen molar-refractivity contribution < 1.29 is 0 Å². The molecule has 0 N–H and O–H groups in total. The van der Waals surface area contributed by atoms with Crippen molar-refractivity contribution in [2.24, 2.45) is 0 Å². The van der Waals surface area contributed by atoms with Gasteiger partial charge in [0.2, 0.25) is 0 Å². The number of rotatable bonds is 5. The van der Waals surface area contributed by atoms with E-state index in [1.807, 2.05) is 6.07 Å². The highest BCUT2D eigenvalue weighted by atomic mass is 14.9. The molecular weight excluding hydrogens is 641 g/mol. The van der Waals surface area contributed by atoms with Gasteiger partial charge in [0.25, 0.3) is 0 Å². The molecule has 0 aliphatic heterocycles. The average Bonchev–Trinajstić information content (AvgIpc) is 3.45. The van der Waals surface area contributed by atoms with Crippen molar-refractivity contribution in [1.29, 1.82) is 0 Å². The van der Waals surface area contributed by atoms with Gasteiger partial charge in [0, 0.05) is 22.1 Å². The third kappa shape index (κ3) is 5.18. The van der Waals surface area contributed by atoms with Crippen molar-refractivity contribution in [3.63, 3.8) is 0 Å². The van der Waals surface area contributed by atoms with Crippen LogP contribution in [0.5, 0.6) is 0 Å². The Labute approximate surface area is 310 Å². The number of benzene rings is 8. The number of hydrogen-bond donors (Lipinski definition) is 0. The van der Waals surface area contributed by atoms with Gasteiger partial charge in [-0.05, 0) is 90.3 Å². The van der Waals surface area contributed by atoms with Crippen LogP contribution in [0.4, 0.5) is 0 Å². The Morgan fingerprint density at radius 1 is 0.358 bits per heavy atom. The highest BCUT2D eigenvalue weighted by molar-refractivity contribution is 6.04. The predicted molar refractivity (Wildman–Crippen MR) is 222 cm³/mol. The maximum Gasteiger partial charge on any atom is 0.160 e. The molecule has 250 valence electrons. The van der Waals surface area contributed by atoms with Crippen molar-refractivity contribution >= 4 is 21.5 Å². The SMILES string of the molecule is CC1(C)c2cc3ccccc3cc2-c2c(-c3cccc(-c4cc(-c5c(-c6ccccc6)ccc6ccccc56)nc(-c5ccccc5)n4)c3)cccc21. The quantitative estimate of drug-likeness (QED) is 0.181. The zero-order valence-corrected chi connectivity index (χ0v) is 29.7. The Morgan fingerprint density at radius 3 is 1.75 bits per heavy atom. The van der Waals surface area contributed by atoms with Crippen LogP contribution in [-0.4, -0.2) is 9.97 Å². The average molecular weight is 677 g/mol. The van der Waals surface area contributed by atoms with Crippen LogP contribution in [0.15, 0.2) is 182 Å². The predicted octanol–water partition coefficient (Wildman–Crippen LogP) is 13.4. The molecule has 10 rings (SSSR count). The molecular formula is C51H36N2. The number of hydrogen-bond acceptors (Lipinski definition) is 2. The van der Waals surface area contributed by atoms with Crippen LogP contribution in [0.25, 0.3) is 88.8 Å². The van der Waals surface area contributed by atoms with Gasteiger partial charge >= 0.3 is 0 Å². The van der Waals surface area contributed by atoms with Crippen LogP contribution < -0.4 is 0 Å². The monoisotopic (exact) mass is 676 g/mol. The minimum atomic E-state index is -0.108. The molecule has 9 aromatic rings. The third-order valence-corrected chi connectivity index (χ3v) is 11.1. The summed E-state index contributed by atoms with van der Waals surface area (Å²) in [4.78, 5) is 10.6. The van der Waals surface area contributed by atoms with E-state index >= 15 is 0 Å². The zero-order valence-electron chi connectivity index (χ0n) is 29.7. The molecule has 53 heavy (non-hydrogen) atoms. The Bertz CT molecular complexity index is 2850. The Morgan fingerprint density at radius 2 is 0.962 bits per heavy atom. The van der Waals surface area contributed by atoms with E-state index in [4.69, 9.17) is 9.97 Å². The van der Waals surface area contributed by atoms with E-state index in [0.717, 1.165) is 39.2 Å². The van der Waals surface area contributed by atoms with E-state index in [9.17, 15) is 0 Å². The molecule has 0 radical (unpaired) electrons. The second kappa shape index (κ2) is 12.3. The van der Waals surface area contributed by atoms with Gasteiger partial charge in [-0.2, -0.15) is 0 Å². The molecule has 0 saturated heterocycles. The summed E-state index contributed by atoms with van der Waals surface area (Å²) in [5.41, 5.74) is 15.0. The normalized spacial score (nSPS) is 12.9. The molecule has 0 amide bonds. The second-order valence-corrected chi connectivity index (χ2v) is 14.6. The Hall–Kier alpha value is -6.64. The van der Waals surface area contributed by atoms with Crippen LogP contribution in [-0.2, 0) is 5.41 Å². The van der Waals surface area contributed by atoms with E-state index in [0.29, 0.717) is 5.82 Å². The van der Waals surface area contributed by atoms with Crippen LogP contribution in [0.1, 0.15) is 25.0 Å². The maximum absolute atomic E-state index is 5.32. The molecule has 2 heteroatoms. The molecule has 0 spiro atoms. The Kier molecular flexibility index (Phi) is 7.19. The molecule has 1 aromatic heterocycles. The first-order chi connectivity index (χ1) is 26.0. The van der Waals surface area contributed by atoms with Gasteiger partial charge in [0.15, 0.2) is 5.82 Å². The smallest absolute Gasteiger partial charge is 0.160 e. The molecule has 1 aliphatic carbocycles. The lowest BCUT2D eigenvalue weighted by Crippen LogP contribution is -2.14. The molecule has 0 bridgehead atoms. The topological polar surface area (TPSA) is 25.8 Å². The second-order valence-electron chi connectivity index (χ2n) is 14.6. The number of nitrogens with zero attached hydrogens (tertiary/aromatic N) is 2. The van der Waals surface area contributed by atoms with Crippen LogP contribution in [0.3, 0.4) is 0 Å². The summed E-state index contributed by atoms with van der Waals surface area (Å²) in [5.74, 6) is 0.707. The largest absolute Gasteiger partial charge is 0.228 e. The summed E-state index contributed by atoms with van der Waals surface area (Å²) in [6.45, 7) is 4.72. The molecule has 0 atom stereocenters. The summed E-state index contributed by atoms with van der Waals surface area (Å²) >= 11 is 0. The highest BCUT2D eigenvalue weighted by Gasteiger charge is 2.37. The summed E-state index contributed by atoms with van der Waals surface area (Å²) < 4.78 is 0. The fourth-order valence-corrected chi connectivity index (χ4v) is 8.40. The molecule has 0 unspecified atom stereocenters. The number of aromatic nitrogens is 2. The highest BCUT2D eigenvalue weighted by Crippen LogP contribution is 2.53. The van der Waals surface area contributed by atoms with Gasteiger partial charge in [0.1, 0.15) is 0 Å². The van der Waals surface area contributed by atoms with Crippen molar-refractivity contribution in [1.82, 2.24) is 9.97 Å². The first-order valence-electron chi connectivity index (χ1n) is 18.3. The maximum atomic E-state index is 5.32. The van der Waals surface area contributed by atoms with E-state index in [-0.39, 0.29) is 5.41 Å². The van der Waals surface area contributed by atoms with E-state index in [1.54, 1.807) is 0 Å². The molecule has 0 saturated carbocycles. The fourth-order valence-electron chi connectivity index (χ4n) is 8.40.